The summed E-state index contributed by atoms with van der Waals surface area (Å²) >= 11 is 12.3. The van der Waals surface area contributed by atoms with E-state index in [9.17, 15) is 18.0 Å². The minimum atomic E-state index is -4.14. The maximum atomic E-state index is 14.1. The second kappa shape index (κ2) is 13.5. The highest BCUT2D eigenvalue weighted by Gasteiger charge is 2.34. The third kappa shape index (κ3) is 7.36. The number of hydrogen-bond donors (Lipinski definition) is 1. The molecule has 40 heavy (non-hydrogen) atoms. The first-order valence-electron chi connectivity index (χ1n) is 13.1. The Morgan fingerprint density at radius 2 is 1.52 bits per heavy atom. The van der Waals surface area contributed by atoms with E-state index in [0.29, 0.717) is 39.8 Å². The minimum absolute atomic E-state index is 0.0384. The lowest BCUT2D eigenvalue weighted by Gasteiger charge is -2.33. The molecule has 3 rings (SSSR count). The van der Waals surface area contributed by atoms with Gasteiger partial charge >= 0.3 is 0 Å². The van der Waals surface area contributed by atoms with Gasteiger partial charge in [-0.15, -0.1) is 0 Å². The van der Waals surface area contributed by atoms with E-state index < -0.39 is 28.5 Å². The van der Waals surface area contributed by atoms with Gasteiger partial charge in [0.25, 0.3) is 10.0 Å². The molecule has 7 nitrogen and oxygen atoms in total. The summed E-state index contributed by atoms with van der Waals surface area (Å²) in [5, 5.41) is 3.47. The first kappa shape index (κ1) is 31.5. The normalized spacial score (nSPS) is 12.1. The van der Waals surface area contributed by atoms with E-state index in [2.05, 4.69) is 5.32 Å². The van der Waals surface area contributed by atoms with E-state index in [4.69, 9.17) is 23.2 Å². The Bertz CT molecular complexity index is 1480. The van der Waals surface area contributed by atoms with Crippen molar-refractivity contribution < 1.29 is 18.0 Å². The van der Waals surface area contributed by atoms with Gasteiger partial charge in [-0.05, 0) is 75.6 Å². The Balaban J connectivity index is 2.10. The molecule has 1 atom stereocenters. The monoisotopic (exact) mass is 603 g/mol. The quantitative estimate of drug-likeness (QED) is 0.289. The lowest BCUT2D eigenvalue weighted by atomic mass is 10.1. The maximum Gasteiger partial charge on any atom is 0.264 e. The van der Waals surface area contributed by atoms with Crippen molar-refractivity contribution in [2.45, 2.75) is 58.5 Å². The van der Waals surface area contributed by atoms with Gasteiger partial charge in [0.05, 0.1) is 20.6 Å². The molecule has 0 saturated carbocycles. The number of carbonyl (C=O) groups is 2. The highest BCUT2D eigenvalue weighted by atomic mass is 35.5. The number of hydrogen-bond acceptors (Lipinski definition) is 4. The molecule has 1 unspecified atom stereocenters. The summed E-state index contributed by atoms with van der Waals surface area (Å²) in [5.74, 6) is -0.849. The van der Waals surface area contributed by atoms with Gasteiger partial charge in [-0.1, -0.05) is 71.6 Å². The van der Waals surface area contributed by atoms with E-state index in [1.807, 2.05) is 32.9 Å². The first-order chi connectivity index (χ1) is 18.9. The van der Waals surface area contributed by atoms with Gasteiger partial charge in [0.1, 0.15) is 12.6 Å². The van der Waals surface area contributed by atoms with E-state index in [1.165, 1.54) is 17.0 Å². The zero-order chi connectivity index (χ0) is 29.6. The lowest BCUT2D eigenvalue weighted by Crippen LogP contribution is -2.52. The molecule has 0 saturated heterocycles. The van der Waals surface area contributed by atoms with Gasteiger partial charge in [-0.25, -0.2) is 8.42 Å². The van der Waals surface area contributed by atoms with Crippen molar-refractivity contribution in [3.05, 3.63) is 93.0 Å². The summed E-state index contributed by atoms with van der Waals surface area (Å²) in [4.78, 5) is 28.6. The van der Waals surface area contributed by atoms with Crippen LogP contribution in [0.3, 0.4) is 0 Å². The van der Waals surface area contributed by atoms with Crippen LogP contribution in [-0.4, -0.2) is 44.3 Å². The highest BCUT2D eigenvalue weighted by Crippen LogP contribution is 2.29. The number of sulfonamides is 1. The van der Waals surface area contributed by atoms with Crippen LogP contribution in [0.1, 0.15) is 42.5 Å². The van der Waals surface area contributed by atoms with Crippen molar-refractivity contribution in [2.75, 3.05) is 17.4 Å². The summed E-state index contributed by atoms with van der Waals surface area (Å²) < 4.78 is 29.1. The Morgan fingerprint density at radius 3 is 2.10 bits per heavy atom. The van der Waals surface area contributed by atoms with Crippen molar-refractivity contribution in [3.63, 3.8) is 0 Å². The number of rotatable bonds is 11. The maximum absolute atomic E-state index is 14.1. The van der Waals surface area contributed by atoms with Crippen LogP contribution < -0.4 is 9.62 Å². The molecule has 0 aromatic heterocycles. The summed E-state index contributed by atoms with van der Waals surface area (Å²) in [5.41, 5.74) is 3.62. The second-order valence-corrected chi connectivity index (χ2v) is 12.4. The van der Waals surface area contributed by atoms with Crippen LogP contribution in [0.5, 0.6) is 0 Å². The van der Waals surface area contributed by atoms with Crippen LogP contribution in [0.25, 0.3) is 0 Å². The molecule has 2 amide bonds. The summed E-state index contributed by atoms with van der Waals surface area (Å²) in [6.07, 6.45) is 0.327. The molecule has 0 aliphatic heterocycles. The van der Waals surface area contributed by atoms with Crippen molar-refractivity contribution in [1.82, 2.24) is 10.2 Å². The predicted molar refractivity (Wildman–Crippen MR) is 161 cm³/mol. The third-order valence-corrected chi connectivity index (χ3v) is 9.10. The van der Waals surface area contributed by atoms with Crippen LogP contribution in [0.4, 0.5) is 5.69 Å². The van der Waals surface area contributed by atoms with Crippen molar-refractivity contribution in [1.29, 1.82) is 0 Å². The molecule has 0 aliphatic carbocycles. The van der Waals surface area contributed by atoms with Crippen LogP contribution in [0, 0.1) is 20.8 Å². The smallest absolute Gasteiger partial charge is 0.264 e. The van der Waals surface area contributed by atoms with Gasteiger partial charge in [-0.2, -0.15) is 0 Å². The number of nitrogens with zero attached hydrogens (tertiary/aromatic N) is 2. The summed E-state index contributed by atoms with van der Waals surface area (Å²) in [7, 11) is -4.14. The predicted octanol–water partition coefficient (Wildman–Crippen LogP) is 6.06. The molecule has 0 aliphatic rings. The third-order valence-electron chi connectivity index (χ3n) is 6.58. The number of anilines is 1. The zero-order valence-electron chi connectivity index (χ0n) is 23.4. The number of likely N-dealkylation sites (N-methyl/N-ethyl adjacent to an activating group) is 1. The van der Waals surface area contributed by atoms with Crippen LogP contribution in [0.15, 0.2) is 65.6 Å². The van der Waals surface area contributed by atoms with Crippen molar-refractivity contribution in [2.24, 2.45) is 0 Å². The number of nitrogens with one attached hydrogen (secondary N) is 1. The first-order valence-corrected chi connectivity index (χ1v) is 15.3. The Morgan fingerprint density at radius 1 is 0.875 bits per heavy atom. The Labute approximate surface area is 247 Å². The molecule has 1 N–H and O–H groups in total. The number of benzene rings is 3. The fraction of sp³-hybridized carbons (Fsp3) is 0.333. The molecule has 10 heteroatoms. The van der Waals surface area contributed by atoms with Crippen LogP contribution >= 0.6 is 23.2 Å². The SMILES string of the molecule is CCNC(=O)C(CC)N(Cc1ccc(Cl)c(Cl)c1)C(=O)CN(c1ccc(C)cc1C)S(=O)(=O)c1ccc(C)cc1. The van der Waals surface area contributed by atoms with Gasteiger partial charge in [0.2, 0.25) is 11.8 Å². The van der Waals surface area contributed by atoms with Gasteiger partial charge in [-0.3, -0.25) is 13.9 Å². The molecular weight excluding hydrogens is 569 g/mol. The van der Waals surface area contributed by atoms with E-state index >= 15 is 0 Å². The average molecular weight is 605 g/mol. The average Bonchev–Trinajstić information content (AvgIpc) is 2.90. The largest absolute Gasteiger partial charge is 0.355 e. The second-order valence-electron chi connectivity index (χ2n) is 9.70. The number of aryl methyl sites for hydroxylation is 3. The Hall–Kier alpha value is -3.07. The standard InChI is InChI=1S/C30H35Cl2N3O4S/c1-6-27(30(37)33-7-2)34(18-23-11-14-25(31)26(32)17-23)29(36)19-35(28-15-10-21(4)16-22(28)5)40(38,39)24-12-8-20(3)9-13-24/h8-17,27H,6-7,18-19H2,1-5H3,(H,33,37). The molecule has 214 valence electrons. The van der Waals surface area contributed by atoms with E-state index in [0.717, 1.165) is 15.4 Å². The Kier molecular flexibility index (Phi) is 10.6. The van der Waals surface area contributed by atoms with Crippen LogP contribution in [0.2, 0.25) is 10.0 Å². The number of halogens is 2. The van der Waals surface area contributed by atoms with Crippen molar-refractivity contribution >= 4 is 50.7 Å². The number of amides is 2. The summed E-state index contributed by atoms with van der Waals surface area (Å²) in [6, 6.07) is 16.0. The molecule has 0 fully saturated rings. The lowest BCUT2D eigenvalue weighted by molar-refractivity contribution is -0.140. The minimum Gasteiger partial charge on any atom is -0.355 e. The highest BCUT2D eigenvalue weighted by molar-refractivity contribution is 7.92. The molecule has 0 bridgehead atoms. The molecule has 0 heterocycles. The van der Waals surface area contributed by atoms with Gasteiger partial charge < -0.3 is 10.2 Å². The van der Waals surface area contributed by atoms with E-state index in [-0.39, 0.29) is 17.3 Å². The molecule has 0 radical (unpaired) electrons. The molecular formula is C30H35Cl2N3O4S. The fourth-order valence-corrected chi connectivity index (χ4v) is 6.28. The number of carbonyl (C=O) groups excluding carboxylic acids is 2. The fourth-order valence-electron chi connectivity index (χ4n) is 4.48. The van der Waals surface area contributed by atoms with Crippen LogP contribution in [-0.2, 0) is 26.2 Å². The van der Waals surface area contributed by atoms with Gasteiger partial charge in [0, 0.05) is 13.1 Å². The van der Waals surface area contributed by atoms with Gasteiger partial charge in [0.15, 0.2) is 0 Å². The summed E-state index contributed by atoms with van der Waals surface area (Å²) in [6.45, 7) is 9.12. The van der Waals surface area contributed by atoms with Crippen molar-refractivity contribution in [3.8, 4) is 0 Å². The molecule has 0 spiro atoms. The van der Waals surface area contributed by atoms with E-state index in [1.54, 1.807) is 50.2 Å². The topological polar surface area (TPSA) is 86.8 Å². The molecule has 3 aromatic carbocycles. The zero-order valence-corrected chi connectivity index (χ0v) is 25.7. The molecule has 3 aromatic rings.